The van der Waals surface area contributed by atoms with Crippen LogP contribution in [0.4, 0.5) is 13.2 Å². The van der Waals surface area contributed by atoms with Gasteiger partial charge in [-0.2, -0.15) is 18.3 Å². The molecule has 0 bridgehead atoms. The van der Waals surface area contributed by atoms with E-state index >= 15 is 0 Å². The van der Waals surface area contributed by atoms with Crippen molar-refractivity contribution < 1.29 is 22.5 Å². The van der Waals surface area contributed by atoms with E-state index in [-0.39, 0.29) is 12.2 Å². The van der Waals surface area contributed by atoms with E-state index in [9.17, 15) is 18.0 Å². The third kappa shape index (κ3) is 3.59. The van der Waals surface area contributed by atoms with E-state index in [1.54, 1.807) is 12.3 Å². The summed E-state index contributed by atoms with van der Waals surface area (Å²) in [6, 6.07) is 11.7. The van der Waals surface area contributed by atoms with Crippen LogP contribution < -0.4 is 5.32 Å². The molecule has 0 radical (unpaired) electrons. The Kier molecular flexibility index (Phi) is 4.34. The smallest absolute Gasteiger partial charge is 0.355 e. The van der Waals surface area contributed by atoms with E-state index in [1.807, 2.05) is 12.1 Å². The Hall–Kier alpha value is -3.62. The first-order valence-electron chi connectivity index (χ1n) is 8.25. The first kappa shape index (κ1) is 17.8. The maximum Gasteiger partial charge on any atom is 0.416 e. The number of benzene rings is 2. The van der Waals surface area contributed by atoms with E-state index in [0.717, 1.165) is 28.6 Å². The van der Waals surface area contributed by atoms with E-state index < -0.39 is 17.6 Å². The highest BCUT2D eigenvalue weighted by Gasteiger charge is 2.30. The molecule has 0 unspecified atom stereocenters. The molecule has 0 aliphatic rings. The van der Waals surface area contributed by atoms with Crippen molar-refractivity contribution in [1.29, 1.82) is 0 Å². The molecule has 4 aromatic rings. The van der Waals surface area contributed by atoms with Crippen LogP contribution in [0.3, 0.4) is 0 Å². The zero-order chi connectivity index (χ0) is 19.7. The minimum Gasteiger partial charge on any atom is -0.355 e. The number of H-pyrrole nitrogens is 1. The predicted octanol–water partition coefficient (Wildman–Crippen LogP) is 4.17. The van der Waals surface area contributed by atoms with Gasteiger partial charge in [0.1, 0.15) is 0 Å². The van der Waals surface area contributed by atoms with Crippen molar-refractivity contribution >= 4 is 16.8 Å². The molecule has 28 heavy (non-hydrogen) atoms. The first-order chi connectivity index (χ1) is 13.4. The molecule has 0 aliphatic carbocycles. The van der Waals surface area contributed by atoms with Gasteiger partial charge in [-0.1, -0.05) is 17.3 Å². The highest BCUT2D eigenvalue weighted by Crippen LogP contribution is 2.29. The molecule has 6 nitrogen and oxygen atoms in total. The molecule has 2 heterocycles. The van der Waals surface area contributed by atoms with Gasteiger partial charge in [-0.3, -0.25) is 9.89 Å². The molecular formula is C19H13F3N4O2. The largest absolute Gasteiger partial charge is 0.416 e. The predicted molar refractivity (Wildman–Crippen MR) is 94.2 cm³/mol. The number of nitrogens with zero attached hydrogens (tertiary/aromatic N) is 2. The fourth-order valence-corrected chi connectivity index (χ4v) is 2.74. The van der Waals surface area contributed by atoms with Crippen LogP contribution in [-0.4, -0.2) is 21.3 Å². The molecule has 0 aliphatic heterocycles. The average molecular weight is 386 g/mol. The van der Waals surface area contributed by atoms with Crippen molar-refractivity contribution in [3.8, 4) is 11.3 Å². The van der Waals surface area contributed by atoms with Crippen LogP contribution in [0.1, 0.15) is 21.6 Å². The van der Waals surface area contributed by atoms with Crippen LogP contribution >= 0.6 is 0 Å². The SMILES string of the molecule is O=C(NCc1cccc(C(F)(F)F)c1)c1cc(-c2ccc3[nH]ncc3c2)on1. The number of carbonyl (C=O) groups is 1. The molecule has 2 aromatic heterocycles. The molecule has 0 fully saturated rings. The number of alkyl halides is 3. The van der Waals surface area contributed by atoms with Crippen LogP contribution in [0.5, 0.6) is 0 Å². The summed E-state index contributed by atoms with van der Waals surface area (Å²) >= 11 is 0. The topological polar surface area (TPSA) is 83.8 Å². The second-order valence-corrected chi connectivity index (χ2v) is 6.13. The van der Waals surface area contributed by atoms with Gasteiger partial charge < -0.3 is 9.84 Å². The number of nitrogens with one attached hydrogen (secondary N) is 2. The molecule has 9 heteroatoms. The Labute approximate surface area is 156 Å². The van der Waals surface area contributed by atoms with E-state index in [1.165, 1.54) is 18.2 Å². The third-order valence-electron chi connectivity index (χ3n) is 4.17. The summed E-state index contributed by atoms with van der Waals surface area (Å²) in [5, 5.41) is 13.9. The van der Waals surface area contributed by atoms with Crippen molar-refractivity contribution in [2.75, 3.05) is 0 Å². The molecule has 142 valence electrons. The standard InChI is InChI=1S/C19H13F3N4O2/c20-19(21,22)14-3-1-2-11(6-14)9-23-18(27)16-8-17(28-26-16)12-4-5-15-13(7-12)10-24-25-15/h1-8,10H,9H2,(H,23,27)(H,24,25). The monoisotopic (exact) mass is 386 g/mol. The Morgan fingerprint density at radius 1 is 1.14 bits per heavy atom. The molecule has 0 saturated carbocycles. The second kappa shape index (κ2) is 6.84. The van der Waals surface area contributed by atoms with Crippen LogP contribution in [0, 0.1) is 0 Å². The molecule has 1 amide bonds. The average Bonchev–Trinajstić information content (AvgIpc) is 3.34. The lowest BCUT2D eigenvalue weighted by molar-refractivity contribution is -0.137. The van der Waals surface area contributed by atoms with Gasteiger partial charge in [0.05, 0.1) is 17.3 Å². The number of halogens is 3. The van der Waals surface area contributed by atoms with Crippen molar-refractivity contribution in [2.24, 2.45) is 0 Å². The minimum atomic E-state index is -4.43. The van der Waals surface area contributed by atoms with Gasteiger partial charge >= 0.3 is 6.18 Å². The van der Waals surface area contributed by atoms with Gasteiger partial charge in [-0.25, -0.2) is 0 Å². The van der Waals surface area contributed by atoms with Gasteiger partial charge in [-0.15, -0.1) is 0 Å². The number of hydrogen-bond donors (Lipinski definition) is 2. The summed E-state index contributed by atoms with van der Waals surface area (Å²) in [6.07, 6.45) is -2.77. The Bertz CT molecular complexity index is 1150. The Balaban J connectivity index is 1.46. The third-order valence-corrected chi connectivity index (χ3v) is 4.17. The molecule has 0 spiro atoms. The maximum atomic E-state index is 12.8. The molecule has 2 aromatic carbocycles. The summed E-state index contributed by atoms with van der Waals surface area (Å²) in [7, 11) is 0. The van der Waals surface area contributed by atoms with Crippen molar-refractivity contribution in [2.45, 2.75) is 12.7 Å². The lowest BCUT2D eigenvalue weighted by atomic mass is 10.1. The number of hydrogen-bond acceptors (Lipinski definition) is 4. The van der Waals surface area contributed by atoms with E-state index in [4.69, 9.17) is 4.52 Å². The summed E-state index contributed by atoms with van der Waals surface area (Å²) in [6.45, 7) is -0.0636. The van der Waals surface area contributed by atoms with Crippen molar-refractivity contribution in [3.05, 3.63) is 71.5 Å². The molecule has 0 saturated heterocycles. The highest BCUT2D eigenvalue weighted by molar-refractivity contribution is 5.93. The van der Waals surface area contributed by atoms with Crippen molar-refractivity contribution in [1.82, 2.24) is 20.7 Å². The molecule has 2 N–H and O–H groups in total. The summed E-state index contributed by atoms with van der Waals surface area (Å²) < 4.78 is 43.5. The number of amides is 1. The number of carbonyl (C=O) groups excluding carboxylic acids is 1. The molecule has 0 atom stereocenters. The quantitative estimate of drug-likeness (QED) is 0.552. The summed E-state index contributed by atoms with van der Waals surface area (Å²) in [5.41, 5.74) is 1.19. The van der Waals surface area contributed by atoms with Gasteiger partial charge in [0.2, 0.25) is 0 Å². The highest BCUT2D eigenvalue weighted by atomic mass is 19.4. The molecule has 4 rings (SSSR count). The lowest BCUT2D eigenvalue weighted by Gasteiger charge is -2.09. The van der Waals surface area contributed by atoms with Crippen molar-refractivity contribution in [3.63, 3.8) is 0 Å². The van der Waals surface area contributed by atoms with Crippen LogP contribution in [0.2, 0.25) is 0 Å². The fourth-order valence-electron chi connectivity index (χ4n) is 2.74. The van der Waals surface area contributed by atoms with Gasteiger partial charge in [0.25, 0.3) is 5.91 Å². The number of aromatic nitrogens is 3. The summed E-state index contributed by atoms with van der Waals surface area (Å²) in [4.78, 5) is 12.2. The summed E-state index contributed by atoms with van der Waals surface area (Å²) in [5.74, 6) is -0.149. The van der Waals surface area contributed by atoms with Crippen LogP contribution in [0.25, 0.3) is 22.2 Å². The lowest BCUT2D eigenvalue weighted by Crippen LogP contribution is -2.23. The van der Waals surface area contributed by atoms with Gasteiger partial charge in [-0.05, 0) is 35.9 Å². The molecular weight excluding hydrogens is 373 g/mol. The number of fused-ring (bicyclic) bond motifs is 1. The van der Waals surface area contributed by atoms with Gasteiger partial charge in [0.15, 0.2) is 11.5 Å². The first-order valence-corrected chi connectivity index (χ1v) is 8.25. The Morgan fingerprint density at radius 2 is 2.00 bits per heavy atom. The number of rotatable bonds is 4. The van der Waals surface area contributed by atoms with E-state index in [0.29, 0.717) is 11.3 Å². The second-order valence-electron chi connectivity index (χ2n) is 6.13. The maximum absolute atomic E-state index is 12.8. The number of aromatic amines is 1. The van der Waals surface area contributed by atoms with Crippen LogP contribution in [-0.2, 0) is 12.7 Å². The fraction of sp³-hybridized carbons (Fsp3) is 0.105. The Morgan fingerprint density at radius 3 is 2.82 bits per heavy atom. The van der Waals surface area contributed by atoms with E-state index in [2.05, 4.69) is 20.7 Å². The normalized spacial score (nSPS) is 11.7. The zero-order valence-electron chi connectivity index (χ0n) is 14.2. The van der Waals surface area contributed by atoms with Gasteiger partial charge in [0, 0.05) is 23.6 Å². The van der Waals surface area contributed by atoms with Crippen LogP contribution in [0.15, 0.2) is 59.3 Å². The zero-order valence-corrected chi connectivity index (χ0v) is 14.2. The minimum absolute atomic E-state index is 0.0364.